The molecule has 2 N–H and O–H groups in total. The Morgan fingerprint density at radius 3 is 2.53 bits per heavy atom. The van der Waals surface area contributed by atoms with Gasteiger partial charge in [-0.15, -0.1) is 0 Å². The highest BCUT2D eigenvalue weighted by Crippen LogP contribution is 2.15. The van der Waals surface area contributed by atoms with E-state index in [1.807, 2.05) is 0 Å². The zero-order valence-corrected chi connectivity index (χ0v) is 11.0. The van der Waals surface area contributed by atoms with E-state index in [9.17, 15) is 4.79 Å². The van der Waals surface area contributed by atoms with Crippen molar-refractivity contribution in [2.75, 3.05) is 0 Å². The molecule has 0 aliphatic heterocycles. The summed E-state index contributed by atoms with van der Waals surface area (Å²) in [6.45, 7) is 4.62. The molecule has 1 heterocycles. The lowest BCUT2D eigenvalue weighted by molar-refractivity contribution is 0.0660. The molecule has 100 valence electrons. The molecule has 2 rings (SSSR count). The van der Waals surface area contributed by atoms with E-state index in [-0.39, 0.29) is 11.8 Å². The lowest BCUT2D eigenvalue weighted by atomic mass is 10.1. The number of aromatic carboxylic acids is 1. The summed E-state index contributed by atoms with van der Waals surface area (Å²) in [7, 11) is 0. The standard InChI is InChI=1S/C15H17NO3/c1-10-3-5-12(6-4-10)11(2)16-9-13-7-8-14(19-13)15(17)18/h3-8,11,16H,9H2,1-2H3,(H,17,18)/t11-/m1/s1. The van der Waals surface area contributed by atoms with Crippen LogP contribution in [-0.4, -0.2) is 11.1 Å². The van der Waals surface area contributed by atoms with Gasteiger partial charge in [-0.3, -0.25) is 0 Å². The van der Waals surface area contributed by atoms with E-state index in [2.05, 4.69) is 43.4 Å². The average molecular weight is 259 g/mol. The second kappa shape index (κ2) is 5.71. The molecule has 1 aromatic carbocycles. The first-order valence-corrected chi connectivity index (χ1v) is 6.18. The molecule has 0 aliphatic carbocycles. The topological polar surface area (TPSA) is 62.5 Å². The highest BCUT2D eigenvalue weighted by Gasteiger charge is 2.10. The summed E-state index contributed by atoms with van der Waals surface area (Å²) in [5, 5.41) is 12.1. The van der Waals surface area contributed by atoms with Crippen molar-refractivity contribution < 1.29 is 14.3 Å². The van der Waals surface area contributed by atoms with Gasteiger partial charge in [0.1, 0.15) is 5.76 Å². The summed E-state index contributed by atoms with van der Waals surface area (Å²) in [4.78, 5) is 10.7. The quantitative estimate of drug-likeness (QED) is 0.866. The van der Waals surface area contributed by atoms with Crippen LogP contribution in [-0.2, 0) is 6.54 Å². The first-order valence-electron chi connectivity index (χ1n) is 6.18. The van der Waals surface area contributed by atoms with Crippen molar-refractivity contribution in [1.29, 1.82) is 0 Å². The van der Waals surface area contributed by atoms with Gasteiger partial charge in [0.05, 0.1) is 6.54 Å². The van der Waals surface area contributed by atoms with Crippen LogP contribution >= 0.6 is 0 Å². The Hall–Kier alpha value is -2.07. The molecule has 2 aromatic rings. The van der Waals surface area contributed by atoms with Gasteiger partial charge >= 0.3 is 5.97 Å². The zero-order valence-electron chi connectivity index (χ0n) is 11.0. The third kappa shape index (κ3) is 3.45. The summed E-state index contributed by atoms with van der Waals surface area (Å²) < 4.78 is 5.19. The van der Waals surface area contributed by atoms with Crippen molar-refractivity contribution in [3.8, 4) is 0 Å². The predicted octanol–water partition coefficient (Wildman–Crippen LogP) is 3.14. The van der Waals surface area contributed by atoms with E-state index in [0.717, 1.165) is 0 Å². The fraction of sp³-hybridized carbons (Fsp3) is 0.267. The summed E-state index contributed by atoms with van der Waals surface area (Å²) in [6, 6.07) is 11.6. The van der Waals surface area contributed by atoms with E-state index >= 15 is 0 Å². The van der Waals surface area contributed by atoms with Gasteiger partial charge in [-0.1, -0.05) is 29.8 Å². The van der Waals surface area contributed by atoms with Crippen LogP contribution in [0.1, 0.15) is 40.4 Å². The Bertz CT molecular complexity index is 557. The van der Waals surface area contributed by atoms with Crippen molar-refractivity contribution in [1.82, 2.24) is 5.32 Å². The normalized spacial score (nSPS) is 12.3. The van der Waals surface area contributed by atoms with Gasteiger partial charge in [-0.25, -0.2) is 4.79 Å². The maximum atomic E-state index is 10.7. The van der Waals surface area contributed by atoms with Crippen molar-refractivity contribution in [3.05, 3.63) is 59.0 Å². The van der Waals surface area contributed by atoms with Gasteiger partial charge in [-0.05, 0) is 31.5 Å². The Morgan fingerprint density at radius 2 is 1.95 bits per heavy atom. The van der Waals surface area contributed by atoms with Gasteiger partial charge in [0.2, 0.25) is 5.76 Å². The third-order valence-corrected chi connectivity index (χ3v) is 3.03. The fourth-order valence-electron chi connectivity index (χ4n) is 1.81. The fourth-order valence-corrected chi connectivity index (χ4v) is 1.81. The molecule has 0 saturated carbocycles. The molecular weight excluding hydrogens is 242 g/mol. The molecule has 0 radical (unpaired) electrons. The number of benzene rings is 1. The molecule has 0 fully saturated rings. The Balaban J connectivity index is 1.94. The van der Waals surface area contributed by atoms with Crippen molar-refractivity contribution in [2.45, 2.75) is 26.4 Å². The van der Waals surface area contributed by atoms with Crippen LogP contribution in [0.5, 0.6) is 0 Å². The molecule has 0 spiro atoms. The van der Waals surface area contributed by atoms with E-state index < -0.39 is 5.97 Å². The summed E-state index contributed by atoms with van der Waals surface area (Å²) in [6.07, 6.45) is 0. The number of rotatable bonds is 5. The maximum Gasteiger partial charge on any atom is 0.371 e. The largest absolute Gasteiger partial charge is 0.475 e. The summed E-state index contributed by atoms with van der Waals surface area (Å²) in [5.41, 5.74) is 2.42. The molecule has 1 aromatic heterocycles. The molecular formula is C15H17NO3. The van der Waals surface area contributed by atoms with Crippen LogP contribution in [0.2, 0.25) is 0 Å². The molecule has 0 aliphatic rings. The Morgan fingerprint density at radius 1 is 1.26 bits per heavy atom. The number of carbonyl (C=O) groups is 1. The number of nitrogens with one attached hydrogen (secondary N) is 1. The number of furan rings is 1. The highest BCUT2D eigenvalue weighted by molar-refractivity contribution is 5.84. The van der Waals surface area contributed by atoms with Gasteiger partial charge in [0.15, 0.2) is 0 Å². The van der Waals surface area contributed by atoms with Crippen LogP contribution < -0.4 is 5.32 Å². The Kier molecular flexibility index (Phi) is 4.02. The van der Waals surface area contributed by atoms with E-state index in [4.69, 9.17) is 9.52 Å². The van der Waals surface area contributed by atoms with Gasteiger partial charge < -0.3 is 14.8 Å². The van der Waals surface area contributed by atoms with Crippen LogP contribution in [0.3, 0.4) is 0 Å². The van der Waals surface area contributed by atoms with Crippen LogP contribution in [0.15, 0.2) is 40.8 Å². The number of aryl methyl sites for hydroxylation is 1. The van der Waals surface area contributed by atoms with Gasteiger partial charge in [-0.2, -0.15) is 0 Å². The van der Waals surface area contributed by atoms with Crippen molar-refractivity contribution in [3.63, 3.8) is 0 Å². The van der Waals surface area contributed by atoms with E-state index in [1.165, 1.54) is 17.2 Å². The Labute approximate surface area is 112 Å². The smallest absolute Gasteiger partial charge is 0.371 e. The monoisotopic (exact) mass is 259 g/mol. The minimum Gasteiger partial charge on any atom is -0.475 e. The van der Waals surface area contributed by atoms with E-state index in [1.54, 1.807) is 6.07 Å². The predicted molar refractivity (Wildman–Crippen MR) is 72.1 cm³/mol. The lowest BCUT2D eigenvalue weighted by Crippen LogP contribution is -2.17. The van der Waals surface area contributed by atoms with Crippen LogP contribution in [0.4, 0.5) is 0 Å². The molecule has 19 heavy (non-hydrogen) atoms. The molecule has 0 unspecified atom stereocenters. The minimum absolute atomic E-state index is 0.0280. The molecule has 0 amide bonds. The molecule has 4 heteroatoms. The number of hydrogen-bond acceptors (Lipinski definition) is 3. The second-order valence-electron chi connectivity index (χ2n) is 4.58. The highest BCUT2D eigenvalue weighted by atomic mass is 16.4. The first kappa shape index (κ1) is 13.4. The second-order valence-corrected chi connectivity index (χ2v) is 4.58. The number of hydrogen-bond donors (Lipinski definition) is 2. The number of carboxylic acids is 1. The van der Waals surface area contributed by atoms with Crippen molar-refractivity contribution >= 4 is 5.97 Å². The molecule has 0 bridgehead atoms. The van der Waals surface area contributed by atoms with E-state index in [0.29, 0.717) is 12.3 Å². The molecule has 1 atom stereocenters. The first-order chi connectivity index (χ1) is 9.06. The lowest BCUT2D eigenvalue weighted by Gasteiger charge is -2.13. The zero-order chi connectivity index (χ0) is 13.8. The SMILES string of the molecule is Cc1ccc([C@@H](C)NCc2ccc(C(=O)O)o2)cc1. The third-order valence-electron chi connectivity index (χ3n) is 3.03. The van der Waals surface area contributed by atoms with Crippen LogP contribution in [0.25, 0.3) is 0 Å². The van der Waals surface area contributed by atoms with Gasteiger partial charge in [0.25, 0.3) is 0 Å². The van der Waals surface area contributed by atoms with Crippen LogP contribution in [0, 0.1) is 6.92 Å². The van der Waals surface area contributed by atoms with Crippen molar-refractivity contribution in [2.24, 2.45) is 0 Å². The molecule has 4 nitrogen and oxygen atoms in total. The summed E-state index contributed by atoms with van der Waals surface area (Å²) in [5.74, 6) is -0.450. The molecule has 0 saturated heterocycles. The summed E-state index contributed by atoms with van der Waals surface area (Å²) >= 11 is 0. The number of carboxylic acid groups (broad SMARTS) is 1. The average Bonchev–Trinajstić information content (AvgIpc) is 2.86. The minimum atomic E-state index is -1.04. The van der Waals surface area contributed by atoms with Gasteiger partial charge in [0, 0.05) is 6.04 Å². The maximum absolute atomic E-state index is 10.7.